The van der Waals surface area contributed by atoms with Crippen LogP contribution in [0.2, 0.25) is 0 Å². The van der Waals surface area contributed by atoms with Gasteiger partial charge < -0.3 is 9.64 Å². The van der Waals surface area contributed by atoms with Crippen molar-refractivity contribution < 1.29 is 14.3 Å². The fourth-order valence-electron chi connectivity index (χ4n) is 0.989. The molecule has 0 radical (unpaired) electrons. The van der Waals surface area contributed by atoms with Crippen molar-refractivity contribution in [2.45, 2.75) is 0 Å². The van der Waals surface area contributed by atoms with Crippen LogP contribution in [-0.4, -0.2) is 47.7 Å². The maximum atomic E-state index is 11.6. The molecule has 0 saturated heterocycles. The van der Waals surface area contributed by atoms with Crippen LogP contribution in [0.3, 0.4) is 0 Å². The quantitative estimate of drug-likeness (QED) is 0.667. The van der Waals surface area contributed by atoms with Gasteiger partial charge in [-0.15, -0.1) is 0 Å². The third-order valence-corrected chi connectivity index (χ3v) is 1.84. The second-order valence-corrected chi connectivity index (χ2v) is 3.04. The van der Waals surface area contributed by atoms with E-state index in [1.807, 2.05) is 0 Å². The van der Waals surface area contributed by atoms with Gasteiger partial charge in [-0.3, -0.25) is 14.4 Å². The Labute approximate surface area is 91.0 Å². The molecule has 0 fully saturated rings. The molecule has 7 heteroatoms. The highest BCUT2D eigenvalue weighted by atomic mass is 16.5. The molecule has 86 valence electrons. The maximum absolute atomic E-state index is 11.6. The predicted octanol–water partition coefficient (Wildman–Crippen LogP) is -0.985. The number of ether oxygens (including phenoxy) is 1. The average molecular weight is 225 g/mol. The lowest BCUT2D eigenvalue weighted by molar-refractivity contribution is -0.141. The number of amides is 1. The van der Waals surface area contributed by atoms with Crippen LogP contribution in [-0.2, 0) is 9.53 Å². The number of nitrogens with one attached hydrogen (secondary N) is 1. The first-order valence-electron chi connectivity index (χ1n) is 4.42. The molecule has 0 saturated carbocycles. The highest BCUT2D eigenvalue weighted by Gasteiger charge is 2.16. The van der Waals surface area contributed by atoms with Crippen LogP contribution in [0.15, 0.2) is 16.9 Å². The number of likely N-dealkylation sites (N-methyl/N-ethyl adjacent to an activating group) is 1. The predicted molar refractivity (Wildman–Crippen MR) is 53.8 cm³/mol. The second kappa shape index (κ2) is 5.06. The van der Waals surface area contributed by atoms with Gasteiger partial charge in [0.15, 0.2) is 0 Å². The summed E-state index contributed by atoms with van der Waals surface area (Å²) in [5.41, 5.74) is -0.335. The molecular formula is C9H11N3O4. The van der Waals surface area contributed by atoms with Crippen molar-refractivity contribution in [1.29, 1.82) is 0 Å². The molecule has 1 amide bonds. The van der Waals surface area contributed by atoms with E-state index in [1.54, 1.807) is 0 Å². The number of aromatic amines is 1. The summed E-state index contributed by atoms with van der Waals surface area (Å²) in [6.45, 7) is -0.170. The minimum atomic E-state index is -0.528. The maximum Gasteiger partial charge on any atom is 0.325 e. The third-order valence-electron chi connectivity index (χ3n) is 1.84. The Morgan fingerprint density at radius 3 is 2.69 bits per heavy atom. The van der Waals surface area contributed by atoms with Crippen molar-refractivity contribution in [3.63, 3.8) is 0 Å². The SMILES string of the molecule is COC(=O)CN(C)C(=O)c1ccc(=O)[nH]n1. The Morgan fingerprint density at radius 2 is 2.19 bits per heavy atom. The van der Waals surface area contributed by atoms with Crippen LogP contribution >= 0.6 is 0 Å². The van der Waals surface area contributed by atoms with Crippen molar-refractivity contribution >= 4 is 11.9 Å². The van der Waals surface area contributed by atoms with Gasteiger partial charge >= 0.3 is 5.97 Å². The first-order valence-corrected chi connectivity index (χ1v) is 4.42. The molecule has 0 unspecified atom stereocenters. The summed E-state index contributed by atoms with van der Waals surface area (Å²) < 4.78 is 4.41. The fourth-order valence-corrected chi connectivity index (χ4v) is 0.989. The van der Waals surface area contributed by atoms with E-state index in [0.29, 0.717) is 0 Å². The molecule has 0 aliphatic heterocycles. The van der Waals surface area contributed by atoms with E-state index in [4.69, 9.17) is 0 Å². The molecule has 7 nitrogen and oxygen atoms in total. The Kier molecular flexibility index (Phi) is 3.76. The fraction of sp³-hybridized carbons (Fsp3) is 0.333. The van der Waals surface area contributed by atoms with Gasteiger partial charge in [0.25, 0.3) is 11.5 Å². The van der Waals surface area contributed by atoms with Gasteiger partial charge in [0, 0.05) is 13.1 Å². The lowest BCUT2D eigenvalue weighted by atomic mass is 10.3. The Bertz CT molecular complexity index is 434. The molecule has 0 aromatic carbocycles. The summed E-state index contributed by atoms with van der Waals surface area (Å²) in [6.07, 6.45) is 0. The molecule has 16 heavy (non-hydrogen) atoms. The molecule has 0 aliphatic carbocycles. The van der Waals surface area contributed by atoms with E-state index in [1.165, 1.54) is 26.3 Å². The summed E-state index contributed by atoms with van der Waals surface area (Å²) in [5.74, 6) is -0.998. The number of carbonyl (C=O) groups is 2. The van der Waals surface area contributed by atoms with Gasteiger partial charge in [0.05, 0.1) is 7.11 Å². The summed E-state index contributed by atoms with van der Waals surface area (Å²) in [4.78, 5) is 34.4. The highest BCUT2D eigenvalue weighted by Crippen LogP contribution is 1.96. The number of H-pyrrole nitrogens is 1. The monoisotopic (exact) mass is 225 g/mol. The zero-order valence-corrected chi connectivity index (χ0v) is 8.89. The summed E-state index contributed by atoms with van der Waals surface area (Å²) in [6, 6.07) is 2.47. The van der Waals surface area contributed by atoms with Gasteiger partial charge in [-0.25, -0.2) is 5.10 Å². The number of esters is 1. The van der Waals surface area contributed by atoms with E-state index in [0.717, 1.165) is 4.90 Å². The van der Waals surface area contributed by atoms with Crippen molar-refractivity contribution in [3.05, 3.63) is 28.2 Å². The van der Waals surface area contributed by atoms with E-state index < -0.39 is 17.4 Å². The normalized spacial score (nSPS) is 9.62. The van der Waals surface area contributed by atoms with Crippen LogP contribution in [0.4, 0.5) is 0 Å². The van der Waals surface area contributed by atoms with Crippen LogP contribution in [0.1, 0.15) is 10.5 Å². The third kappa shape index (κ3) is 2.91. The van der Waals surface area contributed by atoms with Crippen molar-refractivity contribution in [2.75, 3.05) is 20.7 Å². The minimum Gasteiger partial charge on any atom is -0.468 e. The molecule has 1 aromatic heterocycles. The Balaban J connectivity index is 2.74. The molecule has 1 aromatic rings. The topological polar surface area (TPSA) is 92.4 Å². The highest BCUT2D eigenvalue weighted by molar-refractivity contribution is 5.93. The van der Waals surface area contributed by atoms with Crippen molar-refractivity contribution in [3.8, 4) is 0 Å². The zero-order valence-electron chi connectivity index (χ0n) is 8.89. The smallest absolute Gasteiger partial charge is 0.325 e. The molecule has 0 aliphatic rings. The van der Waals surface area contributed by atoms with Gasteiger partial charge in [0.2, 0.25) is 0 Å². The van der Waals surface area contributed by atoms with Gasteiger partial charge in [-0.05, 0) is 6.07 Å². The average Bonchev–Trinajstić information content (AvgIpc) is 2.28. The first kappa shape index (κ1) is 11.9. The molecule has 0 bridgehead atoms. The van der Waals surface area contributed by atoms with E-state index in [2.05, 4.69) is 14.9 Å². The van der Waals surface area contributed by atoms with Crippen LogP contribution in [0.5, 0.6) is 0 Å². The molecule has 1 N–H and O–H groups in total. The summed E-state index contributed by atoms with van der Waals surface area (Å²) in [7, 11) is 2.67. The lowest BCUT2D eigenvalue weighted by Gasteiger charge is -2.14. The Hall–Kier alpha value is -2.18. The van der Waals surface area contributed by atoms with Crippen molar-refractivity contribution in [1.82, 2.24) is 15.1 Å². The summed E-state index contributed by atoms with van der Waals surface area (Å²) in [5, 5.41) is 5.69. The lowest BCUT2D eigenvalue weighted by Crippen LogP contribution is -2.33. The standard InChI is InChI=1S/C9H11N3O4/c1-12(5-8(14)16-2)9(15)6-3-4-7(13)11-10-6/h3-4H,5H2,1-2H3,(H,11,13). The number of rotatable bonds is 3. The molecule has 0 atom stereocenters. The number of hydrogen-bond donors (Lipinski definition) is 1. The van der Waals surface area contributed by atoms with Gasteiger partial charge in [-0.1, -0.05) is 0 Å². The van der Waals surface area contributed by atoms with Crippen LogP contribution in [0.25, 0.3) is 0 Å². The molecule has 1 heterocycles. The van der Waals surface area contributed by atoms with E-state index in [-0.39, 0.29) is 12.2 Å². The van der Waals surface area contributed by atoms with Crippen molar-refractivity contribution in [2.24, 2.45) is 0 Å². The number of aromatic nitrogens is 2. The molecule has 0 spiro atoms. The number of carbonyl (C=O) groups excluding carboxylic acids is 2. The van der Waals surface area contributed by atoms with Gasteiger partial charge in [-0.2, -0.15) is 5.10 Å². The van der Waals surface area contributed by atoms with Gasteiger partial charge in [0.1, 0.15) is 12.2 Å². The van der Waals surface area contributed by atoms with E-state index >= 15 is 0 Å². The second-order valence-electron chi connectivity index (χ2n) is 3.04. The van der Waals surface area contributed by atoms with Crippen LogP contribution < -0.4 is 5.56 Å². The minimum absolute atomic E-state index is 0.0611. The summed E-state index contributed by atoms with van der Waals surface area (Å²) >= 11 is 0. The van der Waals surface area contributed by atoms with E-state index in [9.17, 15) is 14.4 Å². The largest absolute Gasteiger partial charge is 0.468 e. The number of nitrogens with zero attached hydrogens (tertiary/aromatic N) is 2. The molecule has 1 rings (SSSR count). The first-order chi connectivity index (χ1) is 7.54. The number of hydrogen-bond acceptors (Lipinski definition) is 5. The zero-order chi connectivity index (χ0) is 12.1. The van der Waals surface area contributed by atoms with Crippen LogP contribution in [0, 0.1) is 0 Å². The Morgan fingerprint density at radius 1 is 1.50 bits per heavy atom. The number of methoxy groups -OCH3 is 1. The molecular weight excluding hydrogens is 214 g/mol.